The summed E-state index contributed by atoms with van der Waals surface area (Å²) in [7, 11) is 7.46. The maximum atomic E-state index is 6.24. The molecule has 0 saturated heterocycles. The summed E-state index contributed by atoms with van der Waals surface area (Å²) in [5.74, 6) is 4.28. The second-order valence-corrected chi connectivity index (χ2v) is 11.8. The largest absolute Gasteiger partial charge is 0.493 e. The zero-order chi connectivity index (χ0) is 28.3. The summed E-state index contributed by atoms with van der Waals surface area (Å²) in [6, 6.07) is 12.5. The number of aryl methyl sites for hydroxylation is 1. The Kier molecular flexibility index (Phi) is 8.47. The van der Waals surface area contributed by atoms with E-state index in [2.05, 4.69) is 62.0 Å². The van der Waals surface area contributed by atoms with Crippen molar-refractivity contribution in [3.05, 3.63) is 59.0 Å². The number of benzene rings is 2. The molecule has 0 N–H and O–H groups in total. The fraction of sp³-hybridized carbons (Fsp3) is 0.500. The topological polar surface area (TPSA) is 69.2 Å². The van der Waals surface area contributed by atoms with E-state index >= 15 is 0 Å². The van der Waals surface area contributed by atoms with E-state index in [0.29, 0.717) is 31.3 Å². The lowest BCUT2D eigenvalue weighted by atomic mass is 9.76. The fourth-order valence-corrected chi connectivity index (χ4v) is 5.55. The predicted molar refractivity (Wildman–Crippen MR) is 158 cm³/mol. The van der Waals surface area contributed by atoms with Gasteiger partial charge in [0.25, 0.3) is 0 Å². The molecule has 1 aliphatic heterocycles. The molecule has 0 fully saturated rings. The molecule has 0 amide bonds. The number of ether oxygens (including phenoxy) is 4. The zero-order valence-electron chi connectivity index (χ0n) is 24.7. The van der Waals surface area contributed by atoms with Crippen molar-refractivity contribution in [2.75, 3.05) is 59.6 Å². The molecule has 3 aromatic rings. The van der Waals surface area contributed by atoms with Crippen molar-refractivity contribution in [2.24, 2.45) is 5.41 Å². The lowest BCUT2D eigenvalue weighted by Crippen LogP contribution is -2.32. The van der Waals surface area contributed by atoms with Crippen molar-refractivity contribution in [2.45, 2.75) is 46.2 Å². The van der Waals surface area contributed by atoms with Gasteiger partial charge >= 0.3 is 0 Å². The third kappa shape index (κ3) is 6.34. The van der Waals surface area contributed by atoms with Gasteiger partial charge in [-0.05, 0) is 74.2 Å². The van der Waals surface area contributed by atoms with E-state index < -0.39 is 0 Å². The van der Waals surface area contributed by atoms with Crippen molar-refractivity contribution in [1.29, 1.82) is 0 Å². The van der Waals surface area contributed by atoms with Crippen LogP contribution in [0.4, 0.5) is 5.82 Å². The summed E-state index contributed by atoms with van der Waals surface area (Å²) in [6.45, 7) is 8.53. The molecule has 2 aromatic carbocycles. The fourth-order valence-electron chi connectivity index (χ4n) is 5.55. The van der Waals surface area contributed by atoms with Crippen LogP contribution in [-0.4, -0.2) is 69.5 Å². The molecule has 0 unspecified atom stereocenters. The number of hydrogen-bond donors (Lipinski definition) is 0. The van der Waals surface area contributed by atoms with Crippen LogP contribution in [0.5, 0.6) is 17.2 Å². The summed E-state index contributed by atoms with van der Waals surface area (Å²) >= 11 is 0. The third-order valence-corrected chi connectivity index (χ3v) is 7.65. The first-order valence-corrected chi connectivity index (χ1v) is 14.1. The maximum Gasteiger partial charge on any atom is 0.161 e. The van der Waals surface area contributed by atoms with Crippen LogP contribution < -0.4 is 19.1 Å². The molecule has 1 aliphatic carbocycles. The van der Waals surface area contributed by atoms with Crippen molar-refractivity contribution >= 4 is 5.82 Å². The van der Waals surface area contributed by atoms with Crippen LogP contribution in [0.1, 0.15) is 42.9 Å². The van der Waals surface area contributed by atoms with Crippen LogP contribution in [0.25, 0.3) is 11.1 Å². The minimum atomic E-state index is 0.236. The number of methoxy groups -OCH3 is 2. The van der Waals surface area contributed by atoms with Gasteiger partial charge in [-0.15, -0.1) is 0 Å². The minimum absolute atomic E-state index is 0.236. The molecule has 0 saturated carbocycles. The Labute approximate surface area is 238 Å². The van der Waals surface area contributed by atoms with Crippen molar-refractivity contribution < 1.29 is 18.9 Å². The molecule has 0 radical (unpaired) electrons. The number of rotatable bonds is 9. The van der Waals surface area contributed by atoms with Crippen LogP contribution in [0, 0.1) is 5.41 Å². The predicted octanol–water partition coefficient (Wildman–Crippen LogP) is 5.15. The highest BCUT2D eigenvalue weighted by Crippen LogP contribution is 2.40. The molecule has 214 valence electrons. The standard InChI is InChI=1S/C32H42N4O4/c1-32(2)12-11-26-25(19-32)31(34-30(33-26)21-35(3)4)36-13-14-39-27-9-7-22(17-24(27)20-36)23-8-10-28(29(18-23)38-6)40-16-15-37-5/h7-10,17-18H,11-16,19-21H2,1-6H3. The number of hydrogen-bond acceptors (Lipinski definition) is 8. The van der Waals surface area contributed by atoms with E-state index in [4.69, 9.17) is 28.9 Å². The maximum absolute atomic E-state index is 6.24. The monoisotopic (exact) mass is 546 g/mol. The van der Waals surface area contributed by atoms with Gasteiger partial charge in [0.1, 0.15) is 30.6 Å². The van der Waals surface area contributed by atoms with Gasteiger partial charge in [0, 0.05) is 30.5 Å². The Morgan fingerprint density at radius 2 is 1.80 bits per heavy atom. The smallest absolute Gasteiger partial charge is 0.161 e. The lowest BCUT2D eigenvalue weighted by molar-refractivity contribution is 0.144. The summed E-state index contributed by atoms with van der Waals surface area (Å²) in [6.07, 6.45) is 3.13. The highest BCUT2D eigenvalue weighted by Gasteiger charge is 2.31. The molecule has 0 bridgehead atoms. The van der Waals surface area contributed by atoms with E-state index in [1.54, 1.807) is 14.2 Å². The Balaban J connectivity index is 1.47. The molecule has 5 rings (SSSR count). The normalized spacial score (nSPS) is 16.1. The molecule has 1 aromatic heterocycles. The summed E-state index contributed by atoms with van der Waals surface area (Å²) in [5.41, 5.74) is 6.05. The van der Waals surface area contributed by atoms with Gasteiger partial charge in [-0.1, -0.05) is 26.0 Å². The van der Waals surface area contributed by atoms with Crippen LogP contribution in [-0.2, 0) is 30.7 Å². The van der Waals surface area contributed by atoms with E-state index in [1.165, 1.54) is 11.3 Å². The molecule has 0 atom stereocenters. The van der Waals surface area contributed by atoms with Gasteiger partial charge in [-0.2, -0.15) is 0 Å². The Hall–Kier alpha value is -3.36. The number of nitrogens with zero attached hydrogens (tertiary/aromatic N) is 4. The molecule has 0 spiro atoms. The molecule has 2 aliphatic rings. The number of anilines is 1. The highest BCUT2D eigenvalue weighted by molar-refractivity contribution is 5.69. The zero-order valence-corrected chi connectivity index (χ0v) is 24.7. The Morgan fingerprint density at radius 1 is 1.00 bits per heavy atom. The van der Waals surface area contributed by atoms with Gasteiger partial charge < -0.3 is 28.7 Å². The minimum Gasteiger partial charge on any atom is -0.493 e. The highest BCUT2D eigenvalue weighted by atomic mass is 16.5. The van der Waals surface area contributed by atoms with Gasteiger partial charge in [0.05, 0.1) is 26.8 Å². The number of fused-ring (bicyclic) bond motifs is 2. The molecule has 40 heavy (non-hydrogen) atoms. The van der Waals surface area contributed by atoms with Crippen LogP contribution in [0.2, 0.25) is 0 Å². The molecule has 8 nitrogen and oxygen atoms in total. The van der Waals surface area contributed by atoms with E-state index in [0.717, 1.165) is 73.0 Å². The average molecular weight is 547 g/mol. The van der Waals surface area contributed by atoms with Crippen LogP contribution >= 0.6 is 0 Å². The molecule has 2 heterocycles. The van der Waals surface area contributed by atoms with Crippen molar-refractivity contribution in [1.82, 2.24) is 14.9 Å². The third-order valence-electron chi connectivity index (χ3n) is 7.65. The second kappa shape index (κ2) is 12.0. The first kappa shape index (κ1) is 28.2. The molecular formula is C32H42N4O4. The number of aromatic nitrogens is 2. The summed E-state index contributed by atoms with van der Waals surface area (Å²) in [4.78, 5) is 14.7. The summed E-state index contributed by atoms with van der Waals surface area (Å²) < 4.78 is 22.8. The van der Waals surface area contributed by atoms with Crippen LogP contribution in [0.3, 0.4) is 0 Å². The molecular weight excluding hydrogens is 504 g/mol. The quantitative estimate of drug-likeness (QED) is 0.341. The molecule has 8 heteroatoms. The van der Waals surface area contributed by atoms with Gasteiger partial charge in [0.15, 0.2) is 11.5 Å². The van der Waals surface area contributed by atoms with E-state index in [-0.39, 0.29) is 5.41 Å². The van der Waals surface area contributed by atoms with Gasteiger partial charge in [-0.3, -0.25) is 0 Å². The van der Waals surface area contributed by atoms with Gasteiger partial charge in [-0.25, -0.2) is 9.97 Å². The SMILES string of the molecule is COCCOc1ccc(-c2ccc3c(c2)CN(c2nc(CN(C)C)nc4c2CC(C)(C)CC4)CCO3)cc1OC. The van der Waals surface area contributed by atoms with Crippen molar-refractivity contribution in [3.8, 4) is 28.4 Å². The first-order chi connectivity index (χ1) is 19.3. The Morgan fingerprint density at radius 3 is 2.58 bits per heavy atom. The van der Waals surface area contributed by atoms with E-state index in [9.17, 15) is 0 Å². The van der Waals surface area contributed by atoms with Gasteiger partial charge in [0.2, 0.25) is 0 Å². The van der Waals surface area contributed by atoms with Crippen LogP contribution in [0.15, 0.2) is 36.4 Å². The lowest BCUT2D eigenvalue weighted by Gasteiger charge is -2.34. The second-order valence-electron chi connectivity index (χ2n) is 11.8. The first-order valence-electron chi connectivity index (χ1n) is 14.1. The average Bonchev–Trinajstić information content (AvgIpc) is 3.14. The van der Waals surface area contributed by atoms with E-state index in [1.807, 2.05) is 12.1 Å². The van der Waals surface area contributed by atoms with Crippen molar-refractivity contribution in [3.63, 3.8) is 0 Å². The summed E-state index contributed by atoms with van der Waals surface area (Å²) in [5, 5.41) is 0. The Bertz CT molecular complexity index is 1340.